The van der Waals surface area contributed by atoms with Gasteiger partial charge < -0.3 is 10.2 Å². The van der Waals surface area contributed by atoms with E-state index in [2.05, 4.69) is 23.3 Å². The fraction of sp³-hybridized carbons (Fsp3) is 0.562. The molecule has 0 radical (unpaired) electrons. The summed E-state index contributed by atoms with van der Waals surface area (Å²) in [7, 11) is 1.79. The maximum atomic E-state index is 12.6. The van der Waals surface area contributed by atoms with Crippen LogP contribution in [0.1, 0.15) is 43.2 Å². The Balaban J connectivity index is 3.03. The lowest BCUT2D eigenvalue weighted by Gasteiger charge is -2.22. The molecule has 21 heavy (non-hydrogen) atoms. The highest BCUT2D eigenvalue weighted by molar-refractivity contribution is 5.95. The van der Waals surface area contributed by atoms with E-state index in [0.717, 1.165) is 18.5 Å². The lowest BCUT2D eigenvalue weighted by Crippen LogP contribution is -2.34. The third-order valence-electron chi connectivity index (χ3n) is 3.27. The normalized spacial score (nSPS) is 11.6. The van der Waals surface area contributed by atoms with Crippen molar-refractivity contribution in [2.24, 2.45) is 5.92 Å². The predicted octanol–water partition coefficient (Wildman–Crippen LogP) is 2.70. The molecule has 1 N–H and O–H groups in total. The van der Waals surface area contributed by atoms with Crippen molar-refractivity contribution in [3.63, 3.8) is 0 Å². The molecule has 1 aromatic heterocycles. The van der Waals surface area contributed by atoms with E-state index in [0.29, 0.717) is 24.5 Å². The van der Waals surface area contributed by atoms with Gasteiger partial charge in [-0.05, 0) is 32.4 Å². The lowest BCUT2D eigenvalue weighted by atomic mass is 10.1. The number of carbonyl (C=O) groups excluding carboxylic acids is 1. The first-order valence-corrected chi connectivity index (χ1v) is 7.43. The number of nitrogens with zero attached hydrogens (tertiary/aromatic N) is 3. The van der Waals surface area contributed by atoms with Crippen LogP contribution in [0.15, 0.2) is 12.1 Å². The minimum Gasteiger partial charge on any atom is -0.373 e. The van der Waals surface area contributed by atoms with Crippen LogP contribution in [0.25, 0.3) is 0 Å². The smallest absolute Gasteiger partial charge is 0.254 e. The number of hydrogen-bond acceptors (Lipinski definition) is 4. The van der Waals surface area contributed by atoms with E-state index in [9.17, 15) is 4.79 Å². The maximum Gasteiger partial charge on any atom is 0.254 e. The molecule has 1 amide bonds. The molecule has 1 unspecified atom stereocenters. The Hall–Kier alpha value is -2.09. The highest BCUT2D eigenvalue weighted by Crippen LogP contribution is 2.15. The molecule has 0 aromatic carbocycles. The summed E-state index contributed by atoms with van der Waals surface area (Å²) in [6, 6.07) is 5.79. The van der Waals surface area contributed by atoms with E-state index in [1.807, 2.05) is 19.9 Å². The standard InChI is InChI=1S/C16H24N4O/c1-5-7-14-8-13(9-15(18-4)19-14)16(21)20(6-2)11-12(3)10-17/h8-9,12H,5-7,11H2,1-4H3,(H,18,19). The molecule has 1 atom stereocenters. The second-order valence-corrected chi connectivity index (χ2v) is 5.11. The third kappa shape index (κ3) is 4.75. The minimum atomic E-state index is -0.172. The third-order valence-corrected chi connectivity index (χ3v) is 3.27. The van der Waals surface area contributed by atoms with E-state index in [1.165, 1.54) is 0 Å². The predicted molar refractivity (Wildman–Crippen MR) is 84.1 cm³/mol. The molecule has 0 aliphatic rings. The first-order valence-electron chi connectivity index (χ1n) is 7.43. The second-order valence-electron chi connectivity index (χ2n) is 5.11. The summed E-state index contributed by atoms with van der Waals surface area (Å²) >= 11 is 0. The fourth-order valence-electron chi connectivity index (χ4n) is 2.13. The Morgan fingerprint density at radius 1 is 1.48 bits per heavy atom. The molecule has 0 spiro atoms. The monoisotopic (exact) mass is 288 g/mol. The molecule has 0 aliphatic heterocycles. The van der Waals surface area contributed by atoms with Gasteiger partial charge in [-0.15, -0.1) is 0 Å². The minimum absolute atomic E-state index is 0.0455. The number of nitrogens with one attached hydrogen (secondary N) is 1. The first kappa shape index (κ1) is 17.0. The van der Waals surface area contributed by atoms with Crippen LogP contribution < -0.4 is 5.32 Å². The molecule has 1 aromatic rings. The van der Waals surface area contributed by atoms with Crippen LogP contribution >= 0.6 is 0 Å². The summed E-state index contributed by atoms with van der Waals surface area (Å²) in [5.74, 6) is 0.485. The van der Waals surface area contributed by atoms with Crippen LogP contribution in [-0.4, -0.2) is 35.9 Å². The van der Waals surface area contributed by atoms with Crippen molar-refractivity contribution in [1.82, 2.24) is 9.88 Å². The molecule has 1 heterocycles. The molecule has 0 bridgehead atoms. The topological polar surface area (TPSA) is 69.0 Å². The Kier molecular flexibility index (Phi) is 6.67. The van der Waals surface area contributed by atoms with Gasteiger partial charge in [0.25, 0.3) is 5.91 Å². The number of hydrogen-bond donors (Lipinski definition) is 1. The maximum absolute atomic E-state index is 12.6. The number of amides is 1. The molecule has 5 heteroatoms. The molecule has 5 nitrogen and oxygen atoms in total. The van der Waals surface area contributed by atoms with Gasteiger partial charge in [0, 0.05) is 31.4 Å². The first-order chi connectivity index (χ1) is 10.0. The van der Waals surface area contributed by atoms with Gasteiger partial charge in [0.2, 0.25) is 0 Å². The van der Waals surface area contributed by atoms with E-state index >= 15 is 0 Å². The van der Waals surface area contributed by atoms with Gasteiger partial charge in [0.15, 0.2) is 0 Å². The van der Waals surface area contributed by atoms with Gasteiger partial charge in [-0.2, -0.15) is 5.26 Å². The van der Waals surface area contributed by atoms with Crippen molar-refractivity contribution in [2.45, 2.75) is 33.6 Å². The number of anilines is 1. The van der Waals surface area contributed by atoms with Gasteiger partial charge in [0.1, 0.15) is 5.82 Å². The lowest BCUT2D eigenvalue weighted by molar-refractivity contribution is 0.0752. The fourth-order valence-corrected chi connectivity index (χ4v) is 2.13. The highest BCUT2D eigenvalue weighted by atomic mass is 16.2. The number of nitriles is 1. The Bertz CT molecular complexity index is 521. The van der Waals surface area contributed by atoms with E-state index in [1.54, 1.807) is 18.0 Å². The quantitative estimate of drug-likeness (QED) is 0.837. The molecule has 0 saturated carbocycles. The van der Waals surface area contributed by atoms with Crippen molar-refractivity contribution < 1.29 is 4.79 Å². The van der Waals surface area contributed by atoms with Crippen molar-refractivity contribution in [3.05, 3.63) is 23.4 Å². The van der Waals surface area contributed by atoms with Gasteiger partial charge in [0.05, 0.1) is 12.0 Å². The molecule has 1 rings (SSSR count). The molecular formula is C16H24N4O. The van der Waals surface area contributed by atoms with Gasteiger partial charge in [-0.1, -0.05) is 13.3 Å². The van der Waals surface area contributed by atoms with Crippen LogP contribution in [0.5, 0.6) is 0 Å². The summed E-state index contributed by atoms with van der Waals surface area (Å²) < 4.78 is 0. The zero-order chi connectivity index (χ0) is 15.8. The van der Waals surface area contributed by atoms with Crippen molar-refractivity contribution >= 4 is 11.7 Å². The summed E-state index contributed by atoms with van der Waals surface area (Å²) in [5, 5.41) is 11.9. The summed E-state index contributed by atoms with van der Waals surface area (Å²) in [6.07, 6.45) is 1.83. The largest absolute Gasteiger partial charge is 0.373 e. The Labute approximate surface area is 127 Å². The van der Waals surface area contributed by atoms with Crippen LogP contribution in [-0.2, 0) is 6.42 Å². The molecular weight excluding hydrogens is 264 g/mol. The SMILES string of the molecule is CCCc1cc(C(=O)N(CC)CC(C)C#N)cc(NC)n1. The molecule has 0 saturated heterocycles. The van der Waals surface area contributed by atoms with Crippen LogP contribution in [0.3, 0.4) is 0 Å². The summed E-state index contributed by atoms with van der Waals surface area (Å²) in [6.45, 7) is 6.87. The average Bonchev–Trinajstić information content (AvgIpc) is 2.51. The number of aryl methyl sites for hydroxylation is 1. The van der Waals surface area contributed by atoms with Crippen LogP contribution in [0, 0.1) is 17.2 Å². The van der Waals surface area contributed by atoms with Gasteiger partial charge >= 0.3 is 0 Å². The zero-order valence-corrected chi connectivity index (χ0v) is 13.3. The molecule has 0 fully saturated rings. The Morgan fingerprint density at radius 2 is 2.19 bits per heavy atom. The number of aromatic nitrogens is 1. The van der Waals surface area contributed by atoms with E-state index < -0.39 is 0 Å². The van der Waals surface area contributed by atoms with Gasteiger partial charge in [-0.3, -0.25) is 4.79 Å². The van der Waals surface area contributed by atoms with E-state index in [4.69, 9.17) is 5.26 Å². The zero-order valence-electron chi connectivity index (χ0n) is 13.3. The second kappa shape index (κ2) is 8.25. The number of carbonyl (C=O) groups is 1. The Morgan fingerprint density at radius 3 is 2.71 bits per heavy atom. The highest BCUT2D eigenvalue weighted by Gasteiger charge is 2.18. The summed E-state index contributed by atoms with van der Waals surface area (Å²) in [4.78, 5) is 18.8. The molecule has 114 valence electrons. The van der Waals surface area contributed by atoms with Crippen molar-refractivity contribution in [3.8, 4) is 6.07 Å². The van der Waals surface area contributed by atoms with Crippen LogP contribution in [0.2, 0.25) is 0 Å². The number of rotatable bonds is 7. The van der Waals surface area contributed by atoms with Gasteiger partial charge in [-0.25, -0.2) is 4.98 Å². The van der Waals surface area contributed by atoms with Crippen molar-refractivity contribution in [2.75, 3.05) is 25.5 Å². The molecule has 0 aliphatic carbocycles. The van der Waals surface area contributed by atoms with Crippen molar-refractivity contribution in [1.29, 1.82) is 5.26 Å². The average molecular weight is 288 g/mol. The van der Waals surface area contributed by atoms with Crippen LogP contribution in [0.4, 0.5) is 5.82 Å². The van der Waals surface area contributed by atoms with E-state index in [-0.39, 0.29) is 11.8 Å². The number of pyridine rings is 1. The summed E-state index contributed by atoms with van der Waals surface area (Å²) in [5.41, 5.74) is 1.54.